The second-order valence-corrected chi connectivity index (χ2v) is 11.6. The predicted molar refractivity (Wildman–Crippen MR) is 112 cm³/mol. The van der Waals surface area contributed by atoms with E-state index < -0.39 is 26.0 Å². The number of benzene rings is 1. The summed E-state index contributed by atoms with van der Waals surface area (Å²) in [5.74, 6) is -0.781. The lowest BCUT2D eigenvalue weighted by Crippen LogP contribution is -2.43. The Labute approximate surface area is 179 Å². The first-order valence-corrected chi connectivity index (χ1v) is 13.4. The Balaban J connectivity index is 1.73. The molecular weight excluding hydrogens is 428 g/mol. The number of ether oxygens (including phenoxy) is 1. The van der Waals surface area contributed by atoms with E-state index in [-0.39, 0.29) is 28.4 Å². The quantitative estimate of drug-likeness (QED) is 0.554. The van der Waals surface area contributed by atoms with Gasteiger partial charge in [-0.1, -0.05) is 13.8 Å². The molecule has 0 aromatic heterocycles. The lowest BCUT2D eigenvalue weighted by molar-refractivity contribution is -0.159. The zero-order valence-electron chi connectivity index (χ0n) is 17.5. The Morgan fingerprint density at radius 2 is 1.60 bits per heavy atom. The van der Waals surface area contributed by atoms with E-state index in [2.05, 4.69) is 0 Å². The molecule has 1 aliphatic carbocycles. The van der Waals surface area contributed by atoms with Crippen LogP contribution in [0.3, 0.4) is 0 Å². The maximum absolute atomic E-state index is 13.1. The van der Waals surface area contributed by atoms with Gasteiger partial charge in [0, 0.05) is 26.2 Å². The number of hydrogen-bond acceptors (Lipinski definition) is 6. The third kappa shape index (κ3) is 4.71. The minimum absolute atomic E-state index is 0.0222. The van der Waals surface area contributed by atoms with Crippen molar-refractivity contribution in [2.24, 2.45) is 5.92 Å². The highest BCUT2D eigenvalue weighted by Gasteiger charge is 2.35. The van der Waals surface area contributed by atoms with Gasteiger partial charge in [0.25, 0.3) is 0 Å². The molecule has 0 amide bonds. The summed E-state index contributed by atoms with van der Waals surface area (Å²) >= 11 is 0. The summed E-state index contributed by atoms with van der Waals surface area (Å²) in [6.45, 7) is 4.60. The van der Waals surface area contributed by atoms with Gasteiger partial charge in [0.15, 0.2) is 0 Å². The van der Waals surface area contributed by atoms with Crippen molar-refractivity contribution >= 4 is 26.0 Å². The van der Waals surface area contributed by atoms with Crippen molar-refractivity contribution in [3.05, 3.63) is 24.3 Å². The van der Waals surface area contributed by atoms with Crippen molar-refractivity contribution in [1.29, 1.82) is 0 Å². The lowest BCUT2D eigenvalue weighted by Gasteiger charge is -2.33. The number of rotatable bonds is 8. The standard InChI is InChI=1S/C20H30N2O6S2/c1-3-21(4-2)29(24,25)18-10-12-19(13-11-18)30(26,27)22-14-6-7-16(15-22)20(23)28-17-8-5-9-17/h10-13,16-17H,3-9,14-15H2,1-2H3/t16-/m1/s1. The molecule has 1 aromatic rings. The molecule has 1 atom stereocenters. The van der Waals surface area contributed by atoms with E-state index in [1.807, 2.05) is 0 Å². The van der Waals surface area contributed by atoms with Crippen molar-refractivity contribution < 1.29 is 26.4 Å². The van der Waals surface area contributed by atoms with Crippen molar-refractivity contribution in [1.82, 2.24) is 8.61 Å². The molecule has 0 spiro atoms. The van der Waals surface area contributed by atoms with E-state index >= 15 is 0 Å². The average Bonchev–Trinajstić information content (AvgIpc) is 2.71. The minimum Gasteiger partial charge on any atom is -0.462 e. The van der Waals surface area contributed by atoms with Gasteiger partial charge in [-0.15, -0.1) is 0 Å². The van der Waals surface area contributed by atoms with Gasteiger partial charge in [0.2, 0.25) is 20.0 Å². The van der Waals surface area contributed by atoms with Crippen LogP contribution in [-0.4, -0.2) is 63.7 Å². The summed E-state index contributed by atoms with van der Waals surface area (Å²) in [6.07, 6.45) is 3.98. The SMILES string of the molecule is CCN(CC)S(=O)(=O)c1ccc(S(=O)(=O)N2CCC[C@@H](C(=O)OC3CCC3)C2)cc1. The van der Waals surface area contributed by atoms with Crippen molar-refractivity contribution in [2.45, 2.75) is 61.8 Å². The molecule has 1 saturated heterocycles. The normalized spacial score (nSPS) is 21.4. The molecule has 168 valence electrons. The molecule has 8 nitrogen and oxygen atoms in total. The van der Waals surface area contributed by atoms with Crippen LogP contribution in [0.1, 0.15) is 46.0 Å². The second kappa shape index (κ2) is 9.33. The largest absolute Gasteiger partial charge is 0.462 e. The molecule has 2 aliphatic rings. The molecule has 0 unspecified atom stereocenters. The summed E-state index contributed by atoms with van der Waals surface area (Å²) in [7, 11) is -7.48. The summed E-state index contributed by atoms with van der Waals surface area (Å²) < 4.78 is 59.4. The molecule has 1 aliphatic heterocycles. The first-order chi connectivity index (χ1) is 14.2. The van der Waals surface area contributed by atoms with Gasteiger partial charge in [-0.05, 0) is 56.4 Å². The van der Waals surface area contributed by atoms with Crippen LogP contribution in [0.5, 0.6) is 0 Å². The third-order valence-electron chi connectivity index (χ3n) is 5.86. The summed E-state index contributed by atoms with van der Waals surface area (Å²) in [5, 5.41) is 0. The molecular formula is C20H30N2O6S2. The van der Waals surface area contributed by atoms with Gasteiger partial charge >= 0.3 is 5.97 Å². The summed E-state index contributed by atoms with van der Waals surface area (Å²) in [6, 6.07) is 5.30. The fraction of sp³-hybridized carbons (Fsp3) is 0.650. The topological polar surface area (TPSA) is 101 Å². The number of carbonyl (C=O) groups excluding carboxylic acids is 1. The smallest absolute Gasteiger partial charge is 0.310 e. The Morgan fingerprint density at radius 3 is 2.13 bits per heavy atom. The van der Waals surface area contributed by atoms with Crippen LogP contribution in [0.4, 0.5) is 0 Å². The van der Waals surface area contributed by atoms with E-state index in [0.29, 0.717) is 32.5 Å². The van der Waals surface area contributed by atoms with E-state index in [1.165, 1.54) is 32.9 Å². The first-order valence-electron chi connectivity index (χ1n) is 10.5. The number of hydrogen-bond donors (Lipinski definition) is 0. The zero-order valence-corrected chi connectivity index (χ0v) is 19.1. The fourth-order valence-electron chi connectivity index (χ4n) is 3.75. The molecule has 0 radical (unpaired) electrons. The average molecular weight is 459 g/mol. The van der Waals surface area contributed by atoms with Crippen LogP contribution < -0.4 is 0 Å². The minimum atomic E-state index is -3.83. The monoisotopic (exact) mass is 458 g/mol. The Bertz CT molecular complexity index is 952. The van der Waals surface area contributed by atoms with Crippen LogP contribution in [0, 0.1) is 5.92 Å². The number of nitrogens with zero attached hydrogens (tertiary/aromatic N) is 2. The van der Waals surface area contributed by atoms with Gasteiger partial charge < -0.3 is 4.74 Å². The number of sulfonamides is 2. The Hall–Kier alpha value is -1.49. The molecule has 1 aromatic carbocycles. The van der Waals surface area contributed by atoms with E-state index in [9.17, 15) is 21.6 Å². The molecule has 30 heavy (non-hydrogen) atoms. The van der Waals surface area contributed by atoms with Crippen LogP contribution in [0.2, 0.25) is 0 Å². The summed E-state index contributed by atoms with van der Waals surface area (Å²) in [4.78, 5) is 12.5. The number of esters is 1. The van der Waals surface area contributed by atoms with Gasteiger partial charge in [-0.2, -0.15) is 8.61 Å². The first kappa shape index (κ1) is 23.2. The third-order valence-corrected chi connectivity index (χ3v) is 9.80. The molecule has 10 heteroatoms. The maximum Gasteiger partial charge on any atom is 0.310 e. The van der Waals surface area contributed by atoms with Gasteiger partial charge in [0.05, 0.1) is 15.7 Å². The van der Waals surface area contributed by atoms with Crippen molar-refractivity contribution in [3.63, 3.8) is 0 Å². The predicted octanol–water partition coefficient (Wildman–Crippen LogP) is 2.21. The van der Waals surface area contributed by atoms with E-state index in [0.717, 1.165) is 19.3 Å². The van der Waals surface area contributed by atoms with E-state index in [1.54, 1.807) is 13.8 Å². The molecule has 0 bridgehead atoms. The van der Waals surface area contributed by atoms with Crippen LogP contribution in [0.15, 0.2) is 34.1 Å². The molecule has 2 fully saturated rings. The van der Waals surface area contributed by atoms with Crippen molar-refractivity contribution in [3.8, 4) is 0 Å². The van der Waals surface area contributed by atoms with Crippen LogP contribution >= 0.6 is 0 Å². The zero-order chi connectivity index (χ0) is 21.9. The highest BCUT2D eigenvalue weighted by molar-refractivity contribution is 7.89. The summed E-state index contributed by atoms with van der Waals surface area (Å²) in [5.41, 5.74) is 0. The fourth-order valence-corrected chi connectivity index (χ4v) is 6.73. The van der Waals surface area contributed by atoms with Crippen LogP contribution in [0.25, 0.3) is 0 Å². The van der Waals surface area contributed by atoms with Gasteiger partial charge in [-0.25, -0.2) is 16.8 Å². The number of piperidine rings is 1. The highest BCUT2D eigenvalue weighted by atomic mass is 32.2. The van der Waals surface area contributed by atoms with Gasteiger partial charge in [0.1, 0.15) is 6.10 Å². The number of carbonyl (C=O) groups is 1. The second-order valence-electron chi connectivity index (χ2n) is 7.75. The molecule has 0 N–H and O–H groups in total. The Morgan fingerprint density at radius 1 is 1.00 bits per heavy atom. The van der Waals surface area contributed by atoms with Gasteiger partial charge in [-0.3, -0.25) is 4.79 Å². The maximum atomic E-state index is 13.1. The lowest BCUT2D eigenvalue weighted by atomic mass is 9.95. The van der Waals surface area contributed by atoms with Crippen molar-refractivity contribution in [2.75, 3.05) is 26.2 Å². The van der Waals surface area contributed by atoms with Crippen LogP contribution in [-0.2, 0) is 29.6 Å². The highest BCUT2D eigenvalue weighted by Crippen LogP contribution is 2.28. The van der Waals surface area contributed by atoms with E-state index in [4.69, 9.17) is 4.74 Å². The molecule has 1 heterocycles. The molecule has 1 saturated carbocycles. The molecule has 3 rings (SSSR count). The Kier molecular flexibility index (Phi) is 7.21.